The van der Waals surface area contributed by atoms with E-state index in [1.54, 1.807) is 12.4 Å². The van der Waals surface area contributed by atoms with Crippen LogP contribution in [0.3, 0.4) is 0 Å². The molecule has 0 bridgehead atoms. The summed E-state index contributed by atoms with van der Waals surface area (Å²) in [7, 11) is 1.88. The molecule has 0 radical (unpaired) electrons. The van der Waals surface area contributed by atoms with Crippen molar-refractivity contribution in [1.82, 2.24) is 29.4 Å². The summed E-state index contributed by atoms with van der Waals surface area (Å²) in [5, 5.41) is 8.59. The van der Waals surface area contributed by atoms with Gasteiger partial charge in [-0.15, -0.1) is 10.2 Å². The minimum absolute atomic E-state index is 0.117. The van der Waals surface area contributed by atoms with Gasteiger partial charge in [-0.3, -0.25) is 19.1 Å². The Morgan fingerprint density at radius 2 is 1.96 bits per heavy atom. The van der Waals surface area contributed by atoms with Gasteiger partial charge in [-0.1, -0.05) is 30.3 Å². The molecule has 1 amide bonds. The van der Waals surface area contributed by atoms with Crippen LogP contribution in [-0.2, 0) is 11.3 Å². The number of nitrogens with zero attached hydrogens (tertiary/aromatic N) is 6. The number of rotatable bonds is 5. The SMILES string of the molecule is C[C@H](C(=O)N(C)Cc1ccccc1)N1CCC(c2nnc3cnccn23)CC1. The predicted molar refractivity (Wildman–Crippen MR) is 107 cm³/mol. The standard InChI is InChI=1S/C21H26N6O/c1-16(21(28)25(2)15-17-6-4-3-5-7-17)26-11-8-18(9-12-26)20-24-23-19-14-22-10-13-27(19)20/h3-7,10,13-14,16,18H,8-9,11-12,15H2,1-2H3/t16-/m1/s1. The summed E-state index contributed by atoms with van der Waals surface area (Å²) in [5.41, 5.74) is 1.93. The highest BCUT2D eigenvalue weighted by Gasteiger charge is 2.30. The highest BCUT2D eigenvalue weighted by molar-refractivity contribution is 5.81. The maximum atomic E-state index is 12.9. The van der Waals surface area contributed by atoms with Crippen molar-refractivity contribution in [2.24, 2.45) is 0 Å². The molecule has 1 aliphatic rings. The molecule has 0 saturated carbocycles. The Kier molecular flexibility index (Phi) is 5.34. The number of carbonyl (C=O) groups excluding carboxylic acids is 1. The van der Waals surface area contributed by atoms with Crippen LogP contribution in [0, 0.1) is 0 Å². The van der Waals surface area contributed by atoms with Crippen molar-refractivity contribution in [3.05, 3.63) is 60.3 Å². The number of likely N-dealkylation sites (N-methyl/N-ethyl adjacent to an activating group) is 1. The number of fused-ring (bicyclic) bond motifs is 1. The van der Waals surface area contributed by atoms with Gasteiger partial charge in [-0.05, 0) is 38.4 Å². The Morgan fingerprint density at radius 1 is 1.21 bits per heavy atom. The third-order valence-corrected chi connectivity index (χ3v) is 5.68. The molecule has 7 nitrogen and oxygen atoms in total. The number of piperidine rings is 1. The minimum Gasteiger partial charge on any atom is -0.340 e. The minimum atomic E-state index is -0.117. The van der Waals surface area contributed by atoms with E-state index in [1.807, 2.05) is 47.7 Å². The normalized spacial score (nSPS) is 16.9. The number of hydrogen-bond donors (Lipinski definition) is 0. The van der Waals surface area contributed by atoms with Gasteiger partial charge in [0.25, 0.3) is 0 Å². The summed E-state index contributed by atoms with van der Waals surface area (Å²) < 4.78 is 2.02. The van der Waals surface area contributed by atoms with Gasteiger partial charge < -0.3 is 4.90 Å². The van der Waals surface area contributed by atoms with Gasteiger partial charge in [0.15, 0.2) is 5.65 Å². The van der Waals surface area contributed by atoms with Crippen LogP contribution in [0.15, 0.2) is 48.9 Å². The van der Waals surface area contributed by atoms with Gasteiger partial charge in [0.2, 0.25) is 5.91 Å². The molecule has 0 spiro atoms. The molecule has 1 saturated heterocycles. The zero-order valence-electron chi connectivity index (χ0n) is 16.4. The largest absolute Gasteiger partial charge is 0.340 e. The van der Waals surface area contributed by atoms with Crippen LogP contribution in [-0.4, -0.2) is 61.5 Å². The zero-order chi connectivity index (χ0) is 19.5. The van der Waals surface area contributed by atoms with E-state index in [9.17, 15) is 4.79 Å². The average Bonchev–Trinajstić information content (AvgIpc) is 3.17. The molecule has 2 aromatic heterocycles. The third kappa shape index (κ3) is 3.75. The van der Waals surface area contributed by atoms with Crippen molar-refractivity contribution in [3.63, 3.8) is 0 Å². The molecule has 1 fully saturated rings. The first-order valence-electron chi connectivity index (χ1n) is 9.81. The molecule has 7 heteroatoms. The van der Waals surface area contributed by atoms with Crippen molar-refractivity contribution in [2.45, 2.75) is 38.3 Å². The van der Waals surface area contributed by atoms with Gasteiger partial charge in [0.1, 0.15) is 5.82 Å². The number of aromatic nitrogens is 4. The zero-order valence-corrected chi connectivity index (χ0v) is 16.4. The monoisotopic (exact) mass is 378 g/mol. The van der Waals surface area contributed by atoms with E-state index in [1.165, 1.54) is 0 Å². The number of likely N-dealkylation sites (tertiary alicyclic amines) is 1. The summed E-state index contributed by atoms with van der Waals surface area (Å²) >= 11 is 0. The topological polar surface area (TPSA) is 66.6 Å². The van der Waals surface area contributed by atoms with Gasteiger partial charge in [0, 0.05) is 31.9 Å². The first-order chi connectivity index (χ1) is 13.6. The van der Waals surface area contributed by atoms with E-state index in [-0.39, 0.29) is 11.9 Å². The maximum Gasteiger partial charge on any atom is 0.239 e. The Hall–Kier alpha value is -2.80. The Bertz CT molecular complexity index is 932. The predicted octanol–water partition coefficient (Wildman–Crippen LogP) is 2.35. The van der Waals surface area contributed by atoms with Gasteiger partial charge in [0.05, 0.1) is 12.2 Å². The third-order valence-electron chi connectivity index (χ3n) is 5.68. The molecule has 146 valence electrons. The van der Waals surface area contributed by atoms with E-state index >= 15 is 0 Å². The van der Waals surface area contributed by atoms with E-state index in [2.05, 4.69) is 32.2 Å². The van der Waals surface area contributed by atoms with Crippen molar-refractivity contribution in [1.29, 1.82) is 0 Å². The van der Waals surface area contributed by atoms with E-state index in [0.29, 0.717) is 12.5 Å². The van der Waals surface area contributed by atoms with Crippen LogP contribution in [0.1, 0.15) is 37.1 Å². The van der Waals surface area contributed by atoms with Gasteiger partial charge in [-0.2, -0.15) is 0 Å². The number of benzene rings is 1. The van der Waals surface area contributed by atoms with Crippen LogP contribution >= 0.6 is 0 Å². The van der Waals surface area contributed by atoms with Crippen molar-refractivity contribution < 1.29 is 4.79 Å². The number of hydrogen-bond acceptors (Lipinski definition) is 5. The van der Waals surface area contributed by atoms with Crippen LogP contribution in [0.4, 0.5) is 0 Å². The fourth-order valence-corrected chi connectivity index (χ4v) is 4.01. The summed E-state index contributed by atoms with van der Waals surface area (Å²) in [5.74, 6) is 1.52. The Morgan fingerprint density at radius 3 is 2.71 bits per heavy atom. The van der Waals surface area contributed by atoms with Crippen LogP contribution in [0.5, 0.6) is 0 Å². The average molecular weight is 378 g/mol. The van der Waals surface area contributed by atoms with Crippen molar-refractivity contribution in [2.75, 3.05) is 20.1 Å². The fourth-order valence-electron chi connectivity index (χ4n) is 4.01. The van der Waals surface area contributed by atoms with Crippen LogP contribution in [0.25, 0.3) is 5.65 Å². The maximum absolute atomic E-state index is 12.9. The summed E-state index contributed by atoms with van der Waals surface area (Å²) in [6.45, 7) is 4.43. The summed E-state index contributed by atoms with van der Waals surface area (Å²) in [6.07, 6.45) is 7.36. The lowest BCUT2D eigenvalue weighted by Gasteiger charge is -2.36. The molecule has 4 rings (SSSR count). The quantitative estimate of drug-likeness (QED) is 0.682. The Labute approximate surface area is 165 Å². The summed E-state index contributed by atoms with van der Waals surface area (Å²) in [6, 6.07) is 10.00. The van der Waals surface area contributed by atoms with Crippen molar-refractivity contribution in [3.8, 4) is 0 Å². The fraction of sp³-hybridized carbons (Fsp3) is 0.429. The molecule has 0 unspecified atom stereocenters. The lowest BCUT2D eigenvalue weighted by atomic mass is 9.95. The highest BCUT2D eigenvalue weighted by Crippen LogP contribution is 2.28. The second-order valence-corrected chi connectivity index (χ2v) is 7.53. The second kappa shape index (κ2) is 8.06. The molecule has 3 heterocycles. The number of amides is 1. The van der Waals surface area contributed by atoms with Crippen molar-refractivity contribution >= 4 is 11.6 Å². The van der Waals surface area contributed by atoms with Crippen LogP contribution < -0.4 is 0 Å². The van der Waals surface area contributed by atoms with E-state index < -0.39 is 0 Å². The molecular formula is C21H26N6O. The molecule has 1 aliphatic heterocycles. The molecule has 28 heavy (non-hydrogen) atoms. The first-order valence-corrected chi connectivity index (χ1v) is 9.81. The highest BCUT2D eigenvalue weighted by atomic mass is 16.2. The van der Waals surface area contributed by atoms with Crippen LogP contribution in [0.2, 0.25) is 0 Å². The molecule has 0 N–H and O–H groups in total. The second-order valence-electron chi connectivity index (χ2n) is 7.53. The lowest BCUT2D eigenvalue weighted by molar-refractivity contribution is -0.136. The van der Waals surface area contributed by atoms with Gasteiger partial charge >= 0.3 is 0 Å². The molecular weight excluding hydrogens is 352 g/mol. The molecule has 0 aliphatic carbocycles. The first kappa shape index (κ1) is 18.6. The molecule has 3 aromatic rings. The lowest BCUT2D eigenvalue weighted by Crippen LogP contribution is -2.48. The van der Waals surface area contributed by atoms with E-state index in [0.717, 1.165) is 43.0 Å². The molecule has 1 aromatic carbocycles. The molecule has 1 atom stereocenters. The van der Waals surface area contributed by atoms with E-state index in [4.69, 9.17) is 0 Å². The number of carbonyl (C=O) groups is 1. The summed E-state index contributed by atoms with van der Waals surface area (Å²) in [4.78, 5) is 21.1. The smallest absolute Gasteiger partial charge is 0.239 e. The van der Waals surface area contributed by atoms with Gasteiger partial charge in [-0.25, -0.2) is 0 Å². The Balaban J connectivity index is 1.35.